The molecule has 26 heavy (non-hydrogen) atoms. The summed E-state index contributed by atoms with van der Waals surface area (Å²) in [6.07, 6.45) is 0. The zero-order valence-electron chi connectivity index (χ0n) is 13.8. The number of carboxylic acids is 1. The van der Waals surface area contributed by atoms with Crippen LogP contribution in [0.1, 0.15) is 22.8 Å². The van der Waals surface area contributed by atoms with Gasteiger partial charge in [-0.3, -0.25) is 4.79 Å². The Balaban J connectivity index is 1.62. The first-order chi connectivity index (χ1) is 12.5. The molecule has 0 aliphatic rings. The van der Waals surface area contributed by atoms with Crippen LogP contribution in [0.15, 0.2) is 58.2 Å². The van der Waals surface area contributed by atoms with E-state index in [0.717, 1.165) is 11.1 Å². The zero-order chi connectivity index (χ0) is 18.5. The van der Waals surface area contributed by atoms with E-state index in [4.69, 9.17) is 4.42 Å². The summed E-state index contributed by atoms with van der Waals surface area (Å²) in [5.41, 5.74) is 2.51. The van der Waals surface area contributed by atoms with Crippen molar-refractivity contribution in [2.45, 2.75) is 17.9 Å². The molecule has 0 aliphatic carbocycles. The number of hydrogen-bond acceptors (Lipinski definition) is 7. The Hall–Kier alpha value is -3.13. The Bertz CT molecular complexity index is 920. The topological polar surface area (TPSA) is 108 Å². The van der Waals surface area contributed by atoms with Gasteiger partial charge in [0.05, 0.1) is 5.97 Å². The fourth-order valence-corrected chi connectivity index (χ4v) is 2.89. The van der Waals surface area contributed by atoms with Crippen LogP contribution in [0.5, 0.6) is 0 Å². The molecule has 0 bridgehead atoms. The SMILES string of the molecule is CC(=O)Nc1ccc(-c2nnc(SCc3ccc(C(=O)[O-])cc3)o2)cc1. The molecule has 3 rings (SSSR count). The molecule has 1 aromatic heterocycles. The Morgan fingerprint density at radius 3 is 2.38 bits per heavy atom. The first-order valence-electron chi connectivity index (χ1n) is 7.66. The summed E-state index contributed by atoms with van der Waals surface area (Å²) in [6, 6.07) is 13.5. The third-order valence-electron chi connectivity index (χ3n) is 3.41. The molecule has 3 aromatic rings. The molecule has 0 radical (unpaired) electrons. The van der Waals surface area contributed by atoms with Crippen molar-refractivity contribution in [3.63, 3.8) is 0 Å². The van der Waals surface area contributed by atoms with Gasteiger partial charge in [0.2, 0.25) is 11.8 Å². The van der Waals surface area contributed by atoms with Crippen LogP contribution in [0.25, 0.3) is 11.5 Å². The Labute approximate surface area is 153 Å². The van der Waals surface area contributed by atoms with E-state index in [0.29, 0.717) is 22.6 Å². The number of hydrogen-bond donors (Lipinski definition) is 1. The molecule has 0 spiro atoms. The third kappa shape index (κ3) is 4.48. The molecule has 2 aromatic carbocycles. The maximum absolute atomic E-state index is 11.0. The fraction of sp³-hybridized carbons (Fsp3) is 0.111. The maximum Gasteiger partial charge on any atom is 0.277 e. The second-order valence-corrected chi connectivity index (χ2v) is 6.33. The van der Waals surface area contributed by atoms with E-state index in [-0.39, 0.29) is 11.5 Å². The minimum atomic E-state index is -1.20. The van der Waals surface area contributed by atoms with Gasteiger partial charge >= 0.3 is 0 Å². The van der Waals surface area contributed by atoms with Crippen LogP contribution < -0.4 is 10.4 Å². The van der Waals surface area contributed by atoms with E-state index in [1.54, 1.807) is 36.4 Å². The van der Waals surface area contributed by atoms with Crippen LogP contribution in [-0.2, 0) is 10.5 Å². The van der Waals surface area contributed by atoms with Crippen LogP contribution in [0.4, 0.5) is 5.69 Å². The summed E-state index contributed by atoms with van der Waals surface area (Å²) in [5, 5.41) is 21.8. The number of aromatic nitrogens is 2. The van der Waals surface area contributed by atoms with E-state index < -0.39 is 5.97 Å². The lowest BCUT2D eigenvalue weighted by Gasteiger charge is -2.03. The average Bonchev–Trinajstić information content (AvgIpc) is 3.09. The van der Waals surface area contributed by atoms with Crippen molar-refractivity contribution in [3.05, 3.63) is 59.7 Å². The Morgan fingerprint density at radius 2 is 1.77 bits per heavy atom. The quantitative estimate of drug-likeness (QED) is 0.665. The first kappa shape index (κ1) is 17.7. The van der Waals surface area contributed by atoms with Crippen LogP contribution in [0.2, 0.25) is 0 Å². The van der Waals surface area contributed by atoms with Gasteiger partial charge in [0.1, 0.15) is 0 Å². The van der Waals surface area contributed by atoms with Crippen molar-refractivity contribution in [3.8, 4) is 11.5 Å². The van der Waals surface area contributed by atoms with Gasteiger partial charge in [-0.2, -0.15) is 0 Å². The number of carbonyl (C=O) groups excluding carboxylic acids is 2. The second-order valence-electron chi connectivity index (χ2n) is 5.40. The lowest BCUT2D eigenvalue weighted by molar-refractivity contribution is -0.255. The number of anilines is 1. The normalized spacial score (nSPS) is 10.5. The smallest absolute Gasteiger partial charge is 0.277 e. The Morgan fingerprint density at radius 1 is 1.08 bits per heavy atom. The third-order valence-corrected chi connectivity index (χ3v) is 4.30. The standard InChI is InChI=1S/C18H15N3O4S/c1-11(22)19-15-8-6-13(7-9-15)16-20-21-18(25-16)26-10-12-2-4-14(5-3-12)17(23)24/h2-9H,10H2,1H3,(H,19,22)(H,23,24)/p-1. The van der Waals surface area contributed by atoms with Crippen molar-refractivity contribution >= 4 is 29.3 Å². The first-order valence-corrected chi connectivity index (χ1v) is 8.64. The van der Waals surface area contributed by atoms with Crippen molar-refractivity contribution in [2.75, 3.05) is 5.32 Å². The molecule has 7 nitrogen and oxygen atoms in total. The van der Waals surface area contributed by atoms with E-state index in [9.17, 15) is 14.7 Å². The molecule has 1 heterocycles. The number of nitrogens with one attached hydrogen (secondary N) is 1. The van der Waals surface area contributed by atoms with Crippen molar-refractivity contribution < 1.29 is 19.1 Å². The number of benzene rings is 2. The molecule has 1 amide bonds. The molecule has 0 aliphatic heterocycles. The van der Waals surface area contributed by atoms with Gasteiger partial charge in [-0.05, 0) is 35.4 Å². The summed E-state index contributed by atoms with van der Waals surface area (Å²) in [7, 11) is 0. The van der Waals surface area contributed by atoms with E-state index >= 15 is 0 Å². The number of amides is 1. The molecule has 1 N–H and O–H groups in total. The molecule has 0 saturated carbocycles. The Kier molecular flexibility index (Phi) is 5.33. The molecule has 0 atom stereocenters. The van der Waals surface area contributed by atoms with E-state index in [2.05, 4.69) is 15.5 Å². The maximum atomic E-state index is 11.0. The van der Waals surface area contributed by atoms with Crippen molar-refractivity contribution in [1.29, 1.82) is 0 Å². The van der Waals surface area contributed by atoms with Crippen molar-refractivity contribution in [2.24, 2.45) is 0 Å². The second kappa shape index (κ2) is 7.83. The number of aromatic carboxylic acids is 1. The number of rotatable bonds is 6. The highest BCUT2D eigenvalue weighted by molar-refractivity contribution is 7.98. The van der Waals surface area contributed by atoms with Crippen LogP contribution in [0.3, 0.4) is 0 Å². The number of carbonyl (C=O) groups is 2. The molecular formula is C18H14N3O4S-. The predicted octanol–water partition coefficient (Wildman–Crippen LogP) is 2.35. The van der Waals surface area contributed by atoms with Crippen LogP contribution in [-0.4, -0.2) is 22.1 Å². The molecule has 0 unspecified atom stereocenters. The summed E-state index contributed by atoms with van der Waals surface area (Å²) in [5.74, 6) is -0.387. The summed E-state index contributed by atoms with van der Waals surface area (Å²) in [6.45, 7) is 1.45. The zero-order valence-corrected chi connectivity index (χ0v) is 14.6. The highest BCUT2D eigenvalue weighted by atomic mass is 32.2. The average molecular weight is 368 g/mol. The summed E-state index contributed by atoms with van der Waals surface area (Å²) in [4.78, 5) is 21.8. The monoisotopic (exact) mass is 368 g/mol. The molecular weight excluding hydrogens is 354 g/mol. The number of thioether (sulfide) groups is 1. The fourth-order valence-electron chi connectivity index (χ4n) is 2.17. The van der Waals surface area contributed by atoms with Gasteiger partial charge in [-0.1, -0.05) is 36.0 Å². The highest BCUT2D eigenvalue weighted by Gasteiger charge is 2.09. The van der Waals surface area contributed by atoms with Crippen LogP contribution >= 0.6 is 11.8 Å². The number of carboxylic acid groups (broad SMARTS) is 1. The largest absolute Gasteiger partial charge is 0.545 e. The van der Waals surface area contributed by atoms with Gasteiger partial charge in [0, 0.05) is 23.9 Å². The molecule has 0 saturated heterocycles. The minimum absolute atomic E-state index is 0.137. The lowest BCUT2D eigenvalue weighted by Crippen LogP contribution is -2.21. The van der Waals surface area contributed by atoms with Crippen LogP contribution in [0, 0.1) is 0 Å². The van der Waals surface area contributed by atoms with Crippen molar-refractivity contribution in [1.82, 2.24) is 10.2 Å². The predicted molar refractivity (Wildman–Crippen MR) is 94.4 cm³/mol. The molecule has 0 fully saturated rings. The van der Waals surface area contributed by atoms with Gasteiger partial charge < -0.3 is 19.6 Å². The highest BCUT2D eigenvalue weighted by Crippen LogP contribution is 2.26. The van der Waals surface area contributed by atoms with Gasteiger partial charge in [-0.15, -0.1) is 10.2 Å². The lowest BCUT2D eigenvalue weighted by atomic mass is 10.1. The van der Waals surface area contributed by atoms with Gasteiger partial charge in [0.15, 0.2) is 0 Å². The molecule has 8 heteroatoms. The number of nitrogens with zero attached hydrogens (tertiary/aromatic N) is 2. The van der Waals surface area contributed by atoms with Gasteiger partial charge in [-0.25, -0.2) is 0 Å². The van der Waals surface area contributed by atoms with E-state index in [1.807, 2.05) is 0 Å². The summed E-state index contributed by atoms with van der Waals surface area (Å²) < 4.78 is 5.62. The summed E-state index contributed by atoms with van der Waals surface area (Å²) >= 11 is 1.35. The minimum Gasteiger partial charge on any atom is -0.545 e. The van der Waals surface area contributed by atoms with E-state index in [1.165, 1.54) is 30.8 Å². The van der Waals surface area contributed by atoms with Gasteiger partial charge in [0.25, 0.3) is 5.22 Å². The molecule has 132 valence electrons.